The standard InChI is InChI=1S/C19H17ClN4O3/c20-15-8-17-16(25-11-26-17)7-14(15)10-24-6-3-13(9-24)19-22-18(23-27-19)12-1-4-21-5-2-12/h1-2,4-5,7-8,13H,3,6,9-11H2/t13-/m0/s1. The third-order valence-electron chi connectivity index (χ3n) is 4.94. The highest BCUT2D eigenvalue weighted by Crippen LogP contribution is 2.38. The first kappa shape index (κ1) is 16.5. The van der Waals surface area contributed by atoms with Gasteiger partial charge in [-0.25, -0.2) is 0 Å². The molecule has 27 heavy (non-hydrogen) atoms. The fraction of sp³-hybridized carbons (Fsp3) is 0.316. The molecule has 4 heterocycles. The molecule has 5 rings (SSSR count). The Morgan fingerprint density at radius 3 is 2.81 bits per heavy atom. The van der Waals surface area contributed by atoms with Crippen molar-refractivity contribution >= 4 is 11.6 Å². The van der Waals surface area contributed by atoms with Crippen molar-refractivity contribution in [1.82, 2.24) is 20.0 Å². The minimum atomic E-state index is 0.223. The molecule has 0 bridgehead atoms. The van der Waals surface area contributed by atoms with E-state index in [9.17, 15) is 0 Å². The predicted octanol–water partition coefficient (Wildman–Crippen LogP) is 3.50. The van der Waals surface area contributed by atoms with Gasteiger partial charge in [0, 0.05) is 42.1 Å². The van der Waals surface area contributed by atoms with E-state index >= 15 is 0 Å². The van der Waals surface area contributed by atoms with E-state index in [0.29, 0.717) is 22.5 Å². The number of ether oxygens (including phenoxy) is 2. The number of aromatic nitrogens is 3. The van der Waals surface area contributed by atoms with Crippen molar-refractivity contribution < 1.29 is 14.0 Å². The summed E-state index contributed by atoms with van der Waals surface area (Å²) in [4.78, 5) is 10.9. The summed E-state index contributed by atoms with van der Waals surface area (Å²) in [6.45, 7) is 2.79. The topological polar surface area (TPSA) is 73.5 Å². The van der Waals surface area contributed by atoms with Gasteiger partial charge in [-0.2, -0.15) is 4.98 Å². The van der Waals surface area contributed by atoms with Crippen LogP contribution in [-0.2, 0) is 6.54 Å². The molecule has 1 atom stereocenters. The van der Waals surface area contributed by atoms with Crippen LogP contribution in [0.4, 0.5) is 0 Å². The summed E-state index contributed by atoms with van der Waals surface area (Å²) in [5.41, 5.74) is 1.94. The third-order valence-corrected chi connectivity index (χ3v) is 5.29. The van der Waals surface area contributed by atoms with Crippen LogP contribution in [0.3, 0.4) is 0 Å². The van der Waals surface area contributed by atoms with Gasteiger partial charge in [0.15, 0.2) is 11.5 Å². The molecule has 3 aromatic rings. The van der Waals surface area contributed by atoms with Crippen LogP contribution >= 0.6 is 11.6 Å². The Bertz CT molecular complexity index is 963. The van der Waals surface area contributed by atoms with E-state index in [1.54, 1.807) is 12.4 Å². The van der Waals surface area contributed by atoms with Gasteiger partial charge < -0.3 is 14.0 Å². The van der Waals surface area contributed by atoms with Crippen LogP contribution < -0.4 is 9.47 Å². The van der Waals surface area contributed by atoms with Crippen LogP contribution in [0.5, 0.6) is 11.5 Å². The lowest BCUT2D eigenvalue weighted by molar-refractivity contribution is 0.174. The molecular weight excluding hydrogens is 368 g/mol. The number of fused-ring (bicyclic) bond motifs is 1. The molecule has 7 nitrogen and oxygen atoms in total. The monoisotopic (exact) mass is 384 g/mol. The number of pyridine rings is 1. The minimum Gasteiger partial charge on any atom is -0.454 e. The lowest BCUT2D eigenvalue weighted by Crippen LogP contribution is -2.20. The Hall–Kier alpha value is -2.64. The van der Waals surface area contributed by atoms with E-state index < -0.39 is 0 Å². The molecule has 1 aromatic carbocycles. The highest BCUT2D eigenvalue weighted by molar-refractivity contribution is 6.31. The molecule has 2 aliphatic heterocycles. The summed E-state index contributed by atoms with van der Waals surface area (Å²) in [7, 11) is 0. The van der Waals surface area contributed by atoms with E-state index in [-0.39, 0.29) is 12.7 Å². The maximum atomic E-state index is 6.40. The molecule has 138 valence electrons. The Kier molecular flexibility index (Phi) is 4.18. The molecule has 0 N–H and O–H groups in total. The average Bonchev–Trinajstić information content (AvgIpc) is 3.43. The van der Waals surface area contributed by atoms with Crippen molar-refractivity contribution in [1.29, 1.82) is 0 Å². The third kappa shape index (κ3) is 3.24. The fourth-order valence-corrected chi connectivity index (χ4v) is 3.73. The Morgan fingerprint density at radius 1 is 1.15 bits per heavy atom. The molecule has 0 unspecified atom stereocenters. The SMILES string of the molecule is Clc1cc2c(cc1CN1CC[C@H](c3nc(-c4ccncc4)no3)C1)OCO2. The van der Waals surface area contributed by atoms with Crippen LogP contribution in [-0.4, -0.2) is 39.9 Å². The average molecular weight is 385 g/mol. The first-order valence-corrected chi connectivity index (χ1v) is 9.18. The van der Waals surface area contributed by atoms with Crippen molar-refractivity contribution in [2.45, 2.75) is 18.9 Å². The maximum Gasteiger partial charge on any atom is 0.231 e. The molecule has 0 spiro atoms. The molecule has 0 radical (unpaired) electrons. The van der Waals surface area contributed by atoms with Gasteiger partial charge in [-0.3, -0.25) is 9.88 Å². The molecule has 8 heteroatoms. The van der Waals surface area contributed by atoms with Crippen molar-refractivity contribution in [2.24, 2.45) is 0 Å². The highest BCUT2D eigenvalue weighted by atomic mass is 35.5. The van der Waals surface area contributed by atoms with Gasteiger partial charge in [-0.1, -0.05) is 16.8 Å². The van der Waals surface area contributed by atoms with E-state index in [1.165, 1.54) is 0 Å². The van der Waals surface area contributed by atoms with Crippen molar-refractivity contribution in [3.05, 3.63) is 53.1 Å². The van der Waals surface area contributed by atoms with E-state index in [1.807, 2.05) is 24.3 Å². The second-order valence-electron chi connectivity index (χ2n) is 6.71. The van der Waals surface area contributed by atoms with Gasteiger partial charge in [0.2, 0.25) is 18.5 Å². The van der Waals surface area contributed by atoms with E-state index in [4.69, 9.17) is 25.6 Å². The summed E-state index contributed by atoms with van der Waals surface area (Å²) in [5, 5.41) is 4.80. The summed E-state index contributed by atoms with van der Waals surface area (Å²) in [6, 6.07) is 7.53. The number of halogens is 1. The van der Waals surface area contributed by atoms with Crippen LogP contribution in [0, 0.1) is 0 Å². The summed E-state index contributed by atoms with van der Waals surface area (Å²) >= 11 is 6.40. The lowest BCUT2D eigenvalue weighted by atomic mass is 10.1. The molecule has 1 saturated heterocycles. The molecule has 0 amide bonds. The Morgan fingerprint density at radius 2 is 1.96 bits per heavy atom. The number of benzene rings is 1. The number of nitrogens with zero attached hydrogens (tertiary/aromatic N) is 4. The van der Waals surface area contributed by atoms with E-state index in [0.717, 1.165) is 42.9 Å². The second kappa shape index (κ2) is 6.83. The predicted molar refractivity (Wildman–Crippen MR) is 97.7 cm³/mol. The van der Waals surface area contributed by atoms with Crippen LogP contribution in [0.15, 0.2) is 41.2 Å². The number of rotatable bonds is 4. The highest BCUT2D eigenvalue weighted by Gasteiger charge is 2.29. The van der Waals surface area contributed by atoms with Gasteiger partial charge in [0.25, 0.3) is 0 Å². The molecule has 0 saturated carbocycles. The quantitative estimate of drug-likeness (QED) is 0.681. The smallest absolute Gasteiger partial charge is 0.231 e. The van der Waals surface area contributed by atoms with E-state index in [2.05, 4.69) is 20.0 Å². The number of hydrogen-bond donors (Lipinski definition) is 0. The molecule has 1 fully saturated rings. The zero-order valence-electron chi connectivity index (χ0n) is 14.5. The van der Waals surface area contributed by atoms with Crippen LogP contribution in [0.2, 0.25) is 5.02 Å². The Balaban J connectivity index is 1.28. The Labute approximate surface area is 160 Å². The summed E-state index contributed by atoms with van der Waals surface area (Å²) in [5.74, 6) is 2.97. The normalized spacial score (nSPS) is 18.9. The first-order chi connectivity index (χ1) is 13.3. The second-order valence-corrected chi connectivity index (χ2v) is 7.12. The van der Waals surface area contributed by atoms with Crippen molar-refractivity contribution in [2.75, 3.05) is 19.9 Å². The lowest BCUT2D eigenvalue weighted by Gasteiger charge is -2.16. The van der Waals surface area contributed by atoms with Gasteiger partial charge >= 0.3 is 0 Å². The largest absolute Gasteiger partial charge is 0.454 e. The molecule has 2 aliphatic rings. The zero-order chi connectivity index (χ0) is 18.2. The summed E-state index contributed by atoms with van der Waals surface area (Å²) in [6.07, 6.45) is 4.41. The van der Waals surface area contributed by atoms with Gasteiger partial charge in [-0.05, 0) is 36.7 Å². The molecular formula is C19H17ClN4O3. The van der Waals surface area contributed by atoms with Crippen LogP contribution in [0.25, 0.3) is 11.4 Å². The molecule has 0 aliphatic carbocycles. The number of hydrogen-bond acceptors (Lipinski definition) is 7. The first-order valence-electron chi connectivity index (χ1n) is 8.80. The van der Waals surface area contributed by atoms with Crippen molar-refractivity contribution in [3.8, 4) is 22.9 Å². The van der Waals surface area contributed by atoms with Crippen molar-refractivity contribution in [3.63, 3.8) is 0 Å². The van der Waals surface area contributed by atoms with Crippen LogP contribution in [0.1, 0.15) is 23.8 Å². The van der Waals surface area contributed by atoms with Gasteiger partial charge in [-0.15, -0.1) is 0 Å². The fourth-order valence-electron chi connectivity index (χ4n) is 3.52. The minimum absolute atomic E-state index is 0.223. The maximum absolute atomic E-state index is 6.40. The summed E-state index contributed by atoms with van der Waals surface area (Å²) < 4.78 is 16.3. The molecule has 2 aromatic heterocycles. The zero-order valence-corrected chi connectivity index (χ0v) is 15.2. The van der Waals surface area contributed by atoms with Gasteiger partial charge in [0.05, 0.1) is 5.92 Å². The van der Waals surface area contributed by atoms with Gasteiger partial charge in [0.1, 0.15) is 0 Å². The number of likely N-dealkylation sites (tertiary alicyclic amines) is 1.